The van der Waals surface area contributed by atoms with Crippen molar-refractivity contribution in [2.45, 2.75) is 65.2 Å². The Kier molecular flexibility index (Phi) is 11.0. The zero-order chi connectivity index (χ0) is 10.6. The maximum atomic E-state index is 2.49. The highest BCUT2D eigenvalue weighted by Gasteiger charge is 1.97. The van der Waals surface area contributed by atoms with Gasteiger partial charge < -0.3 is 4.90 Å². The van der Waals surface area contributed by atoms with Crippen LogP contribution in [0.5, 0.6) is 0 Å². The van der Waals surface area contributed by atoms with Gasteiger partial charge in [-0.05, 0) is 33.0 Å². The zero-order valence-corrected chi connectivity index (χ0v) is 10.5. The first kappa shape index (κ1) is 14.0. The summed E-state index contributed by atoms with van der Waals surface area (Å²) in [5, 5.41) is 0. The fourth-order valence-electron chi connectivity index (χ4n) is 1.73. The van der Waals surface area contributed by atoms with Crippen molar-refractivity contribution >= 4 is 0 Å². The van der Waals surface area contributed by atoms with Crippen molar-refractivity contribution in [3.05, 3.63) is 0 Å². The molecule has 0 bridgehead atoms. The van der Waals surface area contributed by atoms with E-state index in [4.69, 9.17) is 0 Å². The molecule has 0 amide bonds. The van der Waals surface area contributed by atoms with Crippen LogP contribution in [-0.4, -0.2) is 25.0 Å². The first-order chi connectivity index (χ1) is 6.81. The first-order valence-corrected chi connectivity index (χ1v) is 6.49. The molecule has 0 saturated heterocycles. The van der Waals surface area contributed by atoms with E-state index in [9.17, 15) is 0 Å². The summed E-state index contributed by atoms with van der Waals surface area (Å²) in [6.07, 6.45) is 11.1. The monoisotopic (exact) mass is 199 g/mol. The lowest BCUT2D eigenvalue weighted by atomic mass is 10.1. The van der Waals surface area contributed by atoms with Crippen LogP contribution >= 0.6 is 0 Å². The van der Waals surface area contributed by atoms with Crippen molar-refractivity contribution in [2.24, 2.45) is 0 Å². The fourth-order valence-corrected chi connectivity index (χ4v) is 1.73. The van der Waals surface area contributed by atoms with Gasteiger partial charge >= 0.3 is 0 Å². The molecular formula is C13H29N. The van der Waals surface area contributed by atoms with Crippen molar-refractivity contribution in [1.82, 2.24) is 4.90 Å². The van der Waals surface area contributed by atoms with E-state index in [1.165, 1.54) is 64.5 Å². The Balaban J connectivity index is 3.06. The maximum absolute atomic E-state index is 2.49. The minimum absolute atomic E-state index is 1.29. The molecule has 0 rings (SSSR count). The van der Waals surface area contributed by atoms with Crippen LogP contribution in [0.1, 0.15) is 65.2 Å². The van der Waals surface area contributed by atoms with Gasteiger partial charge in [0.25, 0.3) is 0 Å². The Labute approximate surface area is 90.9 Å². The van der Waals surface area contributed by atoms with Crippen LogP contribution in [0.3, 0.4) is 0 Å². The Morgan fingerprint density at radius 1 is 0.643 bits per heavy atom. The van der Waals surface area contributed by atoms with Crippen molar-refractivity contribution in [1.29, 1.82) is 0 Å². The van der Waals surface area contributed by atoms with Gasteiger partial charge in [0.05, 0.1) is 0 Å². The molecule has 0 N–H and O–H groups in total. The van der Waals surface area contributed by atoms with Crippen molar-refractivity contribution in [3.8, 4) is 0 Å². The third-order valence-electron chi connectivity index (χ3n) is 2.79. The summed E-state index contributed by atoms with van der Waals surface area (Å²) in [6, 6.07) is 0. The van der Waals surface area contributed by atoms with Crippen LogP contribution in [-0.2, 0) is 0 Å². The van der Waals surface area contributed by atoms with Gasteiger partial charge in [-0.3, -0.25) is 0 Å². The van der Waals surface area contributed by atoms with E-state index in [-0.39, 0.29) is 0 Å². The standard InChI is InChI=1S/C13H29N/c1-4-6-8-9-11-13-14(3)12-10-7-5-2/h4-13H2,1-3H3. The fraction of sp³-hybridized carbons (Fsp3) is 1.00. The molecule has 0 saturated carbocycles. The Hall–Kier alpha value is -0.0400. The normalized spacial score (nSPS) is 11.1. The average Bonchev–Trinajstić information content (AvgIpc) is 2.18. The molecule has 86 valence electrons. The maximum Gasteiger partial charge on any atom is -0.00218 e. The summed E-state index contributed by atoms with van der Waals surface area (Å²) >= 11 is 0. The molecule has 0 aromatic rings. The topological polar surface area (TPSA) is 3.24 Å². The van der Waals surface area contributed by atoms with Gasteiger partial charge in [0.2, 0.25) is 0 Å². The minimum Gasteiger partial charge on any atom is -0.306 e. The molecule has 0 spiro atoms. The molecule has 0 aromatic carbocycles. The van der Waals surface area contributed by atoms with Gasteiger partial charge in [-0.15, -0.1) is 0 Å². The van der Waals surface area contributed by atoms with E-state index < -0.39 is 0 Å². The van der Waals surface area contributed by atoms with Crippen molar-refractivity contribution in [2.75, 3.05) is 20.1 Å². The van der Waals surface area contributed by atoms with Crippen molar-refractivity contribution < 1.29 is 0 Å². The van der Waals surface area contributed by atoms with Gasteiger partial charge in [0.1, 0.15) is 0 Å². The Morgan fingerprint density at radius 2 is 1.07 bits per heavy atom. The van der Waals surface area contributed by atoms with E-state index >= 15 is 0 Å². The van der Waals surface area contributed by atoms with Crippen LogP contribution in [0, 0.1) is 0 Å². The Morgan fingerprint density at radius 3 is 1.64 bits per heavy atom. The van der Waals surface area contributed by atoms with Gasteiger partial charge in [0, 0.05) is 0 Å². The molecule has 0 unspecified atom stereocenters. The summed E-state index contributed by atoms with van der Waals surface area (Å²) in [5.74, 6) is 0. The van der Waals surface area contributed by atoms with Crippen LogP contribution < -0.4 is 0 Å². The summed E-state index contributed by atoms with van der Waals surface area (Å²) in [4.78, 5) is 2.49. The third kappa shape index (κ3) is 10.0. The first-order valence-electron chi connectivity index (χ1n) is 6.49. The second-order valence-corrected chi connectivity index (χ2v) is 4.42. The Bertz CT molecular complexity index is 101. The van der Waals surface area contributed by atoms with Crippen LogP contribution in [0.15, 0.2) is 0 Å². The second-order valence-electron chi connectivity index (χ2n) is 4.42. The molecule has 14 heavy (non-hydrogen) atoms. The lowest BCUT2D eigenvalue weighted by Gasteiger charge is -2.15. The lowest BCUT2D eigenvalue weighted by Crippen LogP contribution is -2.20. The molecule has 0 aliphatic rings. The molecule has 0 heterocycles. The quantitative estimate of drug-likeness (QED) is 0.479. The largest absolute Gasteiger partial charge is 0.306 e. The summed E-state index contributed by atoms with van der Waals surface area (Å²) in [7, 11) is 2.26. The van der Waals surface area contributed by atoms with Crippen LogP contribution in [0.2, 0.25) is 0 Å². The number of nitrogens with zero attached hydrogens (tertiary/aromatic N) is 1. The molecule has 1 nitrogen and oxygen atoms in total. The summed E-state index contributed by atoms with van der Waals surface area (Å²) in [5.41, 5.74) is 0. The highest BCUT2D eigenvalue weighted by molar-refractivity contribution is 4.52. The molecule has 1 heteroatoms. The van der Waals surface area contributed by atoms with Gasteiger partial charge in [-0.1, -0.05) is 52.4 Å². The summed E-state index contributed by atoms with van der Waals surface area (Å²) in [6.45, 7) is 7.14. The number of rotatable bonds is 10. The van der Waals surface area contributed by atoms with Crippen molar-refractivity contribution in [3.63, 3.8) is 0 Å². The lowest BCUT2D eigenvalue weighted by molar-refractivity contribution is 0.316. The molecule has 0 fully saturated rings. The molecule has 0 aromatic heterocycles. The predicted octanol–water partition coefficient (Wildman–Crippen LogP) is 4.08. The molecule has 0 radical (unpaired) electrons. The summed E-state index contributed by atoms with van der Waals surface area (Å²) < 4.78 is 0. The SMILES string of the molecule is CCCCCCCN(C)CCCCC. The number of hydrogen-bond acceptors (Lipinski definition) is 1. The molecular weight excluding hydrogens is 170 g/mol. The molecule has 0 aliphatic heterocycles. The zero-order valence-electron chi connectivity index (χ0n) is 10.5. The minimum atomic E-state index is 1.29. The van der Waals surface area contributed by atoms with Crippen LogP contribution in [0.25, 0.3) is 0 Å². The van der Waals surface area contributed by atoms with E-state index in [1.54, 1.807) is 0 Å². The van der Waals surface area contributed by atoms with Gasteiger partial charge in [-0.2, -0.15) is 0 Å². The smallest absolute Gasteiger partial charge is 0.00218 e. The number of hydrogen-bond donors (Lipinski definition) is 0. The number of unbranched alkanes of at least 4 members (excludes halogenated alkanes) is 6. The van der Waals surface area contributed by atoms with E-state index in [2.05, 4.69) is 25.8 Å². The third-order valence-corrected chi connectivity index (χ3v) is 2.79. The van der Waals surface area contributed by atoms with E-state index in [1.807, 2.05) is 0 Å². The van der Waals surface area contributed by atoms with Crippen LogP contribution in [0.4, 0.5) is 0 Å². The highest BCUT2D eigenvalue weighted by atomic mass is 15.1. The molecule has 0 aliphatic carbocycles. The van der Waals surface area contributed by atoms with E-state index in [0.29, 0.717) is 0 Å². The average molecular weight is 199 g/mol. The predicted molar refractivity (Wildman–Crippen MR) is 65.8 cm³/mol. The van der Waals surface area contributed by atoms with E-state index in [0.717, 1.165) is 0 Å². The highest BCUT2D eigenvalue weighted by Crippen LogP contribution is 2.04. The second kappa shape index (κ2) is 11.0. The van der Waals surface area contributed by atoms with Gasteiger partial charge in [0.15, 0.2) is 0 Å². The molecule has 0 atom stereocenters. The van der Waals surface area contributed by atoms with Gasteiger partial charge in [-0.25, -0.2) is 0 Å².